The molecule has 1 saturated heterocycles. The van der Waals surface area contributed by atoms with E-state index in [-0.39, 0.29) is 41.2 Å². The average Bonchev–Trinajstić information content (AvgIpc) is 2.86. The van der Waals surface area contributed by atoms with Crippen LogP contribution in [-0.4, -0.2) is 52.9 Å². The lowest BCUT2D eigenvalue weighted by atomic mass is 10.2. The summed E-state index contributed by atoms with van der Waals surface area (Å²) in [4.78, 5) is 47.9. The van der Waals surface area contributed by atoms with Crippen LogP contribution in [0.25, 0.3) is 0 Å². The summed E-state index contributed by atoms with van der Waals surface area (Å²) in [5.74, 6) is -1.48. The first kappa shape index (κ1) is 19.1. The minimum Gasteiger partial charge on any atom is -0.449 e. The van der Waals surface area contributed by atoms with Crippen LogP contribution in [0.3, 0.4) is 0 Å². The van der Waals surface area contributed by atoms with E-state index in [4.69, 9.17) is 22.1 Å². The summed E-state index contributed by atoms with van der Waals surface area (Å²) >= 11 is 6.68. The van der Waals surface area contributed by atoms with Crippen molar-refractivity contribution < 1.29 is 23.9 Å². The number of amides is 3. The summed E-state index contributed by atoms with van der Waals surface area (Å²) in [5.41, 5.74) is 5.95. The predicted molar refractivity (Wildman–Crippen MR) is 93.3 cm³/mol. The maximum Gasteiger partial charge on any atom is 0.341 e. The fraction of sp³-hybridized carbons (Fsp3) is 0.333. The van der Waals surface area contributed by atoms with E-state index in [1.165, 1.54) is 25.1 Å². The molecule has 3 amide bonds. The van der Waals surface area contributed by atoms with Gasteiger partial charge in [0.2, 0.25) is 5.91 Å². The van der Waals surface area contributed by atoms with Crippen LogP contribution in [0.2, 0.25) is 5.02 Å². The Hall–Kier alpha value is -2.26. The molecule has 1 heterocycles. The molecule has 10 heteroatoms. The summed E-state index contributed by atoms with van der Waals surface area (Å²) in [5, 5.41) is 2.55. The lowest BCUT2D eigenvalue weighted by molar-refractivity contribution is -0.130. The highest BCUT2D eigenvalue weighted by atomic mass is 35.5. The molecule has 0 aromatic heterocycles. The molecule has 1 fully saturated rings. The highest BCUT2D eigenvalue weighted by Crippen LogP contribution is 2.19. The van der Waals surface area contributed by atoms with Gasteiger partial charge in [-0.25, -0.2) is 4.79 Å². The van der Waals surface area contributed by atoms with Gasteiger partial charge in [0.1, 0.15) is 0 Å². The zero-order chi connectivity index (χ0) is 18.6. The van der Waals surface area contributed by atoms with Crippen LogP contribution in [0.15, 0.2) is 18.2 Å². The number of nitrogens with zero attached hydrogens (tertiary/aromatic N) is 1. The van der Waals surface area contributed by atoms with Gasteiger partial charge in [0, 0.05) is 23.8 Å². The minimum absolute atomic E-state index is 0.0706. The van der Waals surface area contributed by atoms with Crippen molar-refractivity contribution in [1.29, 1.82) is 0 Å². The number of nitrogen functional groups attached to an aromatic ring is 1. The predicted octanol–water partition coefficient (Wildman–Crippen LogP) is 1.28. The number of imide groups is 1. The van der Waals surface area contributed by atoms with Crippen molar-refractivity contribution >= 4 is 52.1 Å². The second-order valence-electron chi connectivity index (χ2n) is 5.17. The number of rotatable bonds is 6. The van der Waals surface area contributed by atoms with Crippen LogP contribution in [-0.2, 0) is 14.3 Å². The fourth-order valence-electron chi connectivity index (χ4n) is 2.03. The summed E-state index contributed by atoms with van der Waals surface area (Å²) in [6.07, 6.45) is -1.07. The van der Waals surface area contributed by atoms with Gasteiger partial charge in [0.15, 0.2) is 6.10 Å². The third-order valence-electron chi connectivity index (χ3n) is 3.36. The molecule has 0 unspecified atom stereocenters. The summed E-state index contributed by atoms with van der Waals surface area (Å²) < 4.78 is 5.06. The largest absolute Gasteiger partial charge is 0.449 e. The number of hydrogen-bond acceptors (Lipinski definition) is 7. The second-order valence-corrected chi connectivity index (χ2v) is 6.53. The van der Waals surface area contributed by atoms with Crippen LogP contribution in [0.4, 0.5) is 10.5 Å². The first-order chi connectivity index (χ1) is 11.8. The highest BCUT2D eigenvalue weighted by molar-refractivity contribution is 8.14. The maximum atomic E-state index is 12.0. The summed E-state index contributed by atoms with van der Waals surface area (Å²) in [6.45, 7) is 1.55. The van der Waals surface area contributed by atoms with Gasteiger partial charge >= 0.3 is 5.97 Å². The Labute approximate surface area is 153 Å². The molecule has 0 bridgehead atoms. The molecule has 1 aromatic carbocycles. The van der Waals surface area contributed by atoms with Gasteiger partial charge < -0.3 is 15.8 Å². The lowest BCUT2D eigenvalue weighted by Crippen LogP contribution is -2.41. The highest BCUT2D eigenvalue weighted by Gasteiger charge is 2.29. The minimum atomic E-state index is -1.07. The van der Waals surface area contributed by atoms with Crippen molar-refractivity contribution in [3.05, 3.63) is 28.8 Å². The molecular formula is C15H16ClN3O5S. The Bertz CT molecular complexity index is 711. The first-order valence-corrected chi connectivity index (χ1v) is 8.66. The average molecular weight is 386 g/mol. The number of carbonyl (C=O) groups excluding carboxylic acids is 4. The fourth-order valence-corrected chi connectivity index (χ4v) is 2.96. The van der Waals surface area contributed by atoms with E-state index in [0.29, 0.717) is 5.02 Å². The lowest BCUT2D eigenvalue weighted by Gasteiger charge is -2.16. The van der Waals surface area contributed by atoms with Gasteiger partial charge in [-0.05, 0) is 25.1 Å². The van der Waals surface area contributed by atoms with Gasteiger partial charge in [-0.1, -0.05) is 23.4 Å². The number of anilines is 1. The van der Waals surface area contributed by atoms with E-state index >= 15 is 0 Å². The Morgan fingerprint density at radius 2 is 2.16 bits per heavy atom. The van der Waals surface area contributed by atoms with E-state index < -0.39 is 18.0 Å². The molecule has 0 spiro atoms. The summed E-state index contributed by atoms with van der Waals surface area (Å²) in [7, 11) is 0. The quantitative estimate of drug-likeness (QED) is 0.559. The number of nitrogens with two attached hydrogens (primary N) is 1. The molecule has 134 valence electrons. The smallest absolute Gasteiger partial charge is 0.341 e. The SMILES string of the molecule is C[C@@H](OC(=O)c1ccc(Cl)cc1N)C(=O)NCCN1C(=O)CSC1=O. The van der Waals surface area contributed by atoms with Gasteiger partial charge in [-0.3, -0.25) is 19.3 Å². The number of halogens is 1. The molecule has 1 aliphatic rings. The number of ether oxygens (including phenoxy) is 1. The molecule has 1 atom stereocenters. The van der Waals surface area contributed by atoms with Gasteiger partial charge in [0.25, 0.3) is 11.1 Å². The molecule has 0 radical (unpaired) electrons. The van der Waals surface area contributed by atoms with Crippen molar-refractivity contribution in [2.24, 2.45) is 0 Å². The molecule has 2 rings (SSSR count). The Morgan fingerprint density at radius 1 is 1.44 bits per heavy atom. The zero-order valence-corrected chi connectivity index (χ0v) is 14.9. The number of hydrogen-bond donors (Lipinski definition) is 2. The Kier molecular flexibility index (Phi) is 6.27. The van der Waals surface area contributed by atoms with E-state index in [1.807, 2.05) is 0 Å². The van der Waals surface area contributed by atoms with Crippen LogP contribution in [0.1, 0.15) is 17.3 Å². The standard InChI is InChI=1S/C15H16ClN3O5S/c1-8(24-14(22)10-3-2-9(16)6-11(10)17)13(21)18-4-5-19-12(20)7-25-15(19)23/h2-3,6,8H,4-5,7,17H2,1H3,(H,18,21)/t8-/m1/s1. The van der Waals surface area contributed by atoms with E-state index in [2.05, 4.69) is 5.32 Å². The van der Waals surface area contributed by atoms with Crippen LogP contribution in [0.5, 0.6) is 0 Å². The third kappa shape index (κ3) is 4.86. The van der Waals surface area contributed by atoms with E-state index in [9.17, 15) is 19.2 Å². The van der Waals surface area contributed by atoms with Crippen molar-refractivity contribution in [1.82, 2.24) is 10.2 Å². The van der Waals surface area contributed by atoms with E-state index in [1.54, 1.807) is 0 Å². The number of esters is 1. The third-order valence-corrected chi connectivity index (χ3v) is 4.46. The van der Waals surface area contributed by atoms with Gasteiger partial charge in [-0.2, -0.15) is 0 Å². The molecule has 1 aromatic rings. The van der Waals surface area contributed by atoms with Crippen molar-refractivity contribution in [2.75, 3.05) is 24.6 Å². The molecular weight excluding hydrogens is 370 g/mol. The number of carbonyl (C=O) groups is 4. The van der Waals surface area contributed by atoms with Crippen LogP contribution < -0.4 is 11.1 Å². The normalized spacial score (nSPS) is 15.2. The number of nitrogens with one attached hydrogen (secondary N) is 1. The first-order valence-electron chi connectivity index (χ1n) is 7.30. The molecule has 0 aliphatic carbocycles. The van der Waals surface area contributed by atoms with Crippen molar-refractivity contribution in [3.8, 4) is 0 Å². The molecule has 8 nitrogen and oxygen atoms in total. The molecule has 1 aliphatic heterocycles. The number of benzene rings is 1. The number of thioether (sulfide) groups is 1. The zero-order valence-electron chi connectivity index (χ0n) is 13.3. The Balaban J connectivity index is 1.82. The van der Waals surface area contributed by atoms with Crippen LogP contribution >= 0.6 is 23.4 Å². The van der Waals surface area contributed by atoms with Gasteiger partial charge in [0.05, 0.1) is 11.3 Å². The molecule has 25 heavy (non-hydrogen) atoms. The maximum absolute atomic E-state index is 12.0. The molecule has 3 N–H and O–H groups in total. The van der Waals surface area contributed by atoms with Gasteiger partial charge in [-0.15, -0.1) is 0 Å². The van der Waals surface area contributed by atoms with E-state index in [0.717, 1.165) is 16.7 Å². The van der Waals surface area contributed by atoms with Crippen LogP contribution in [0, 0.1) is 0 Å². The topological polar surface area (TPSA) is 119 Å². The van der Waals surface area contributed by atoms with Crippen molar-refractivity contribution in [3.63, 3.8) is 0 Å². The van der Waals surface area contributed by atoms with Crippen molar-refractivity contribution in [2.45, 2.75) is 13.0 Å². The Morgan fingerprint density at radius 3 is 2.76 bits per heavy atom. The second kappa shape index (κ2) is 8.21. The molecule has 0 saturated carbocycles. The summed E-state index contributed by atoms with van der Waals surface area (Å²) in [6, 6.07) is 4.30. The monoisotopic (exact) mass is 385 g/mol.